The smallest absolute Gasteiger partial charge is 0.123 e. The predicted molar refractivity (Wildman–Crippen MR) is 85.9 cm³/mol. The lowest BCUT2D eigenvalue weighted by Gasteiger charge is -2.21. The molecule has 0 radical (unpaired) electrons. The van der Waals surface area contributed by atoms with Crippen molar-refractivity contribution in [3.05, 3.63) is 48.0 Å². The molecule has 0 saturated carbocycles. The van der Waals surface area contributed by atoms with Gasteiger partial charge in [0.2, 0.25) is 0 Å². The summed E-state index contributed by atoms with van der Waals surface area (Å²) in [6.07, 6.45) is 0.954. The standard InChI is InChI=1S/C17H19N3O/c1-3-8-21-17-10-14(19)9-16(11-17)20(2)15-6-4-13(12-18)5-7-15/h4-7,9-11H,3,8,19H2,1-2H3. The normalized spacial score (nSPS) is 9.95. The molecule has 0 atom stereocenters. The summed E-state index contributed by atoms with van der Waals surface area (Å²) in [7, 11) is 1.96. The summed E-state index contributed by atoms with van der Waals surface area (Å²) in [6, 6.07) is 15.2. The van der Waals surface area contributed by atoms with Gasteiger partial charge < -0.3 is 15.4 Å². The van der Waals surface area contributed by atoms with Gasteiger partial charge in [-0.3, -0.25) is 0 Å². The second kappa shape index (κ2) is 6.67. The van der Waals surface area contributed by atoms with Gasteiger partial charge >= 0.3 is 0 Å². The van der Waals surface area contributed by atoms with Gasteiger partial charge in [-0.2, -0.15) is 5.26 Å². The fourth-order valence-electron chi connectivity index (χ4n) is 2.01. The molecule has 0 spiro atoms. The van der Waals surface area contributed by atoms with Crippen LogP contribution in [0.4, 0.5) is 17.1 Å². The zero-order valence-electron chi connectivity index (χ0n) is 12.3. The highest BCUT2D eigenvalue weighted by Crippen LogP contribution is 2.29. The van der Waals surface area contributed by atoms with E-state index in [1.165, 1.54) is 0 Å². The number of nitrogens with zero attached hydrogens (tertiary/aromatic N) is 2. The lowest BCUT2D eigenvalue weighted by atomic mass is 10.2. The molecule has 108 valence electrons. The highest BCUT2D eigenvalue weighted by Gasteiger charge is 2.07. The van der Waals surface area contributed by atoms with Gasteiger partial charge in [-0.15, -0.1) is 0 Å². The topological polar surface area (TPSA) is 62.3 Å². The van der Waals surface area contributed by atoms with E-state index in [-0.39, 0.29) is 0 Å². The Morgan fingerprint density at radius 2 is 1.86 bits per heavy atom. The quantitative estimate of drug-likeness (QED) is 0.849. The van der Waals surface area contributed by atoms with Crippen LogP contribution in [0.5, 0.6) is 5.75 Å². The Balaban J connectivity index is 2.26. The number of ether oxygens (including phenoxy) is 1. The Morgan fingerprint density at radius 1 is 1.14 bits per heavy atom. The number of nitrogen functional groups attached to an aromatic ring is 1. The summed E-state index contributed by atoms with van der Waals surface area (Å²) in [5, 5.41) is 8.84. The van der Waals surface area contributed by atoms with Crippen molar-refractivity contribution in [3.8, 4) is 11.8 Å². The number of anilines is 3. The van der Waals surface area contributed by atoms with E-state index in [2.05, 4.69) is 13.0 Å². The monoisotopic (exact) mass is 281 g/mol. The van der Waals surface area contributed by atoms with Crippen LogP contribution in [0, 0.1) is 11.3 Å². The molecule has 2 rings (SSSR count). The van der Waals surface area contributed by atoms with E-state index in [9.17, 15) is 0 Å². The molecule has 0 bridgehead atoms. The van der Waals surface area contributed by atoms with Crippen LogP contribution < -0.4 is 15.4 Å². The third-order valence-corrected chi connectivity index (χ3v) is 3.16. The first-order valence-corrected chi connectivity index (χ1v) is 6.91. The molecule has 2 N–H and O–H groups in total. The first-order valence-electron chi connectivity index (χ1n) is 6.91. The van der Waals surface area contributed by atoms with Crippen LogP contribution in [0.25, 0.3) is 0 Å². The third-order valence-electron chi connectivity index (χ3n) is 3.16. The lowest BCUT2D eigenvalue weighted by Crippen LogP contribution is -2.10. The summed E-state index contributed by atoms with van der Waals surface area (Å²) in [6.45, 7) is 2.74. The molecule has 2 aromatic rings. The minimum Gasteiger partial charge on any atom is -0.493 e. The largest absolute Gasteiger partial charge is 0.493 e. The van der Waals surface area contributed by atoms with Gasteiger partial charge in [-0.25, -0.2) is 0 Å². The van der Waals surface area contributed by atoms with Gasteiger partial charge in [-0.05, 0) is 36.8 Å². The van der Waals surface area contributed by atoms with Crippen LogP contribution in [0.2, 0.25) is 0 Å². The molecule has 0 fully saturated rings. The highest BCUT2D eigenvalue weighted by atomic mass is 16.5. The number of nitrogens with two attached hydrogens (primary N) is 1. The summed E-state index contributed by atoms with van der Waals surface area (Å²) in [5.74, 6) is 0.771. The van der Waals surface area contributed by atoms with Crippen molar-refractivity contribution >= 4 is 17.1 Å². The van der Waals surface area contributed by atoms with Crippen molar-refractivity contribution in [3.63, 3.8) is 0 Å². The molecule has 0 amide bonds. The molecule has 2 aromatic carbocycles. The van der Waals surface area contributed by atoms with Crippen LogP contribution in [-0.2, 0) is 0 Å². The third kappa shape index (κ3) is 3.67. The Labute approximate surface area is 125 Å². The van der Waals surface area contributed by atoms with Crippen molar-refractivity contribution in [2.75, 3.05) is 24.3 Å². The van der Waals surface area contributed by atoms with Crippen molar-refractivity contribution < 1.29 is 4.74 Å². The van der Waals surface area contributed by atoms with E-state index in [1.807, 2.05) is 42.3 Å². The molecule has 21 heavy (non-hydrogen) atoms. The summed E-state index contributed by atoms with van der Waals surface area (Å²) < 4.78 is 5.65. The zero-order valence-corrected chi connectivity index (χ0v) is 12.3. The van der Waals surface area contributed by atoms with E-state index in [0.29, 0.717) is 17.9 Å². The summed E-state index contributed by atoms with van der Waals surface area (Å²) in [5.41, 5.74) is 9.19. The van der Waals surface area contributed by atoms with Crippen LogP contribution in [0.1, 0.15) is 18.9 Å². The predicted octanol–water partition coefficient (Wildman–Crippen LogP) is 3.70. The van der Waals surface area contributed by atoms with Gasteiger partial charge in [0.05, 0.1) is 18.2 Å². The van der Waals surface area contributed by atoms with Gasteiger partial charge in [0.15, 0.2) is 0 Å². The molecule has 0 aliphatic heterocycles. The molecule has 0 unspecified atom stereocenters. The van der Waals surface area contributed by atoms with E-state index >= 15 is 0 Å². The molecular formula is C17H19N3O. The van der Waals surface area contributed by atoms with Crippen molar-refractivity contribution in [2.24, 2.45) is 0 Å². The minimum absolute atomic E-state index is 0.645. The maximum absolute atomic E-state index is 8.84. The lowest BCUT2D eigenvalue weighted by molar-refractivity contribution is 0.317. The average Bonchev–Trinajstić information content (AvgIpc) is 2.51. The minimum atomic E-state index is 0.645. The van der Waals surface area contributed by atoms with Crippen LogP contribution in [-0.4, -0.2) is 13.7 Å². The van der Waals surface area contributed by atoms with E-state index < -0.39 is 0 Å². The molecule has 4 nitrogen and oxygen atoms in total. The maximum Gasteiger partial charge on any atom is 0.123 e. The van der Waals surface area contributed by atoms with E-state index in [4.69, 9.17) is 15.7 Å². The second-order valence-corrected chi connectivity index (χ2v) is 4.83. The Kier molecular flexibility index (Phi) is 4.68. The van der Waals surface area contributed by atoms with Crippen LogP contribution >= 0.6 is 0 Å². The molecule has 0 aliphatic carbocycles. The first kappa shape index (κ1) is 14.7. The summed E-state index contributed by atoms with van der Waals surface area (Å²) in [4.78, 5) is 2.01. The maximum atomic E-state index is 8.84. The Bertz CT molecular complexity index is 644. The van der Waals surface area contributed by atoms with Gasteiger partial charge in [-0.1, -0.05) is 6.92 Å². The number of hydrogen-bond acceptors (Lipinski definition) is 4. The Morgan fingerprint density at radius 3 is 2.48 bits per heavy atom. The second-order valence-electron chi connectivity index (χ2n) is 4.83. The number of nitriles is 1. The fraction of sp³-hybridized carbons (Fsp3) is 0.235. The number of benzene rings is 2. The molecule has 0 aliphatic rings. The molecule has 0 aromatic heterocycles. The number of rotatable bonds is 5. The molecule has 0 saturated heterocycles. The first-order chi connectivity index (χ1) is 10.1. The average molecular weight is 281 g/mol. The van der Waals surface area contributed by atoms with Crippen molar-refractivity contribution in [2.45, 2.75) is 13.3 Å². The van der Waals surface area contributed by atoms with Crippen LogP contribution in [0.15, 0.2) is 42.5 Å². The Hall–Kier alpha value is -2.67. The molecule has 0 heterocycles. The van der Waals surface area contributed by atoms with Gasteiger partial charge in [0.1, 0.15) is 5.75 Å². The van der Waals surface area contributed by atoms with Crippen LogP contribution in [0.3, 0.4) is 0 Å². The highest BCUT2D eigenvalue weighted by molar-refractivity contribution is 5.68. The van der Waals surface area contributed by atoms with Crippen molar-refractivity contribution in [1.82, 2.24) is 0 Å². The van der Waals surface area contributed by atoms with Gasteiger partial charge in [0.25, 0.3) is 0 Å². The molecule has 4 heteroatoms. The zero-order chi connectivity index (χ0) is 15.2. The van der Waals surface area contributed by atoms with Gasteiger partial charge in [0, 0.05) is 36.2 Å². The van der Waals surface area contributed by atoms with E-state index in [1.54, 1.807) is 12.1 Å². The number of hydrogen-bond donors (Lipinski definition) is 1. The summed E-state index contributed by atoms with van der Waals surface area (Å²) >= 11 is 0. The van der Waals surface area contributed by atoms with E-state index in [0.717, 1.165) is 23.5 Å². The SMILES string of the molecule is CCCOc1cc(N)cc(N(C)c2ccc(C#N)cc2)c1. The fourth-order valence-corrected chi connectivity index (χ4v) is 2.01. The molecular weight excluding hydrogens is 262 g/mol. The van der Waals surface area contributed by atoms with Crippen molar-refractivity contribution in [1.29, 1.82) is 5.26 Å².